The van der Waals surface area contributed by atoms with Gasteiger partial charge < -0.3 is 0 Å². The van der Waals surface area contributed by atoms with Crippen LogP contribution in [0.2, 0.25) is 0 Å². The van der Waals surface area contributed by atoms with Gasteiger partial charge in [0.25, 0.3) is 0 Å². The Morgan fingerprint density at radius 2 is 1.18 bits per heavy atom. The SMILES string of the molecule is CCCC(CCCP)SC(CCC)CCCP. The molecular weight excluding hydrogens is 262 g/mol. The van der Waals surface area contributed by atoms with Crippen LogP contribution in [0.4, 0.5) is 0 Å². The molecule has 4 atom stereocenters. The first-order valence-corrected chi connectivity index (χ1v) is 9.91. The van der Waals surface area contributed by atoms with E-state index in [0.717, 1.165) is 10.5 Å². The Bertz CT molecular complexity index is 137. The molecule has 0 fully saturated rings. The maximum absolute atomic E-state index is 2.86. The van der Waals surface area contributed by atoms with E-state index in [4.69, 9.17) is 0 Å². The number of hydrogen-bond donors (Lipinski definition) is 0. The number of hydrogen-bond acceptors (Lipinski definition) is 1. The second kappa shape index (κ2) is 13.6. The lowest BCUT2D eigenvalue weighted by atomic mass is 10.1. The van der Waals surface area contributed by atoms with Gasteiger partial charge in [0.1, 0.15) is 0 Å². The van der Waals surface area contributed by atoms with E-state index in [0.29, 0.717) is 0 Å². The van der Waals surface area contributed by atoms with E-state index in [9.17, 15) is 0 Å². The molecule has 104 valence electrons. The summed E-state index contributed by atoms with van der Waals surface area (Å²) in [6, 6.07) is 0. The summed E-state index contributed by atoms with van der Waals surface area (Å²) in [5.41, 5.74) is 0. The van der Waals surface area contributed by atoms with Crippen molar-refractivity contribution in [2.45, 2.75) is 75.7 Å². The van der Waals surface area contributed by atoms with Crippen molar-refractivity contribution in [1.29, 1.82) is 0 Å². The summed E-state index contributed by atoms with van der Waals surface area (Å²) in [5.74, 6) is 0. The first-order chi connectivity index (χ1) is 8.28. The van der Waals surface area contributed by atoms with Crippen molar-refractivity contribution in [3.05, 3.63) is 0 Å². The Kier molecular flexibility index (Phi) is 14.6. The molecule has 4 unspecified atom stereocenters. The van der Waals surface area contributed by atoms with Crippen LogP contribution in [0.1, 0.15) is 65.2 Å². The van der Waals surface area contributed by atoms with Crippen molar-refractivity contribution < 1.29 is 0 Å². The molecule has 0 aromatic heterocycles. The van der Waals surface area contributed by atoms with Crippen LogP contribution >= 0.6 is 30.2 Å². The van der Waals surface area contributed by atoms with Crippen LogP contribution in [-0.2, 0) is 0 Å². The van der Waals surface area contributed by atoms with Gasteiger partial charge >= 0.3 is 0 Å². The maximum atomic E-state index is 2.86. The molecule has 0 heterocycles. The Balaban J connectivity index is 4.02. The summed E-state index contributed by atoms with van der Waals surface area (Å²) >= 11 is 2.30. The molecule has 0 aliphatic rings. The van der Waals surface area contributed by atoms with Crippen molar-refractivity contribution in [2.24, 2.45) is 0 Å². The molecule has 0 aromatic rings. The molecule has 0 bridgehead atoms. The van der Waals surface area contributed by atoms with E-state index >= 15 is 0 Å². The minimum atomic E-state index is 0.918. The van der Waals surface area contributed by atoms with Gasteiger partial charge in [0.2, 0.25) is 0 Å². The molecule has 3 heteroatoms. The van der Waals surface area contributed by atoms with Gasteiger partial charge in [-0.3, -0.25) is 0 Å². The Morgan fingerprint density at radius 3 is 1.47 bits per heavy atom. The van der Waals surface area contributed by atoms with Gasteiger partial charge in [-0.05, 0) is 50.8 Å². The highest BCUT2D eigenvalue weighted by atomic mass is 32.2. The minimum Gasteiger partial charge on any atom is -0.155 e. The second-order valence-corrected chi connectivity index (χ2v) is 7.58. The van der Waals surface area contributed by atoms with E-state index in [1.807, 2.05) is 0 Å². The van der Waals surface area contributed by atoms with Crippen LogP contribution in [0.25, 0.3) is 0 Å². The van der Waals surface area contributed by atoms with Crippen LogP contribution in [0.3, 0.4) is 0 Å². The smallest absolute Gasteiger partial charge is 0.00498 e. The van der Waals surface area contributed by atoms with Crippen molar-refractivity contribution in [1.82, 2.24) is 0 Å². The maximum Gasteiger partial charge on any atom is 0.00498 e. The number of thioether (sulfide) groups is 1. The van der Waals surface area contributed by atoms with Crippen molar-refractivity contribution in [2.75, 3.05) is 12.3 Å². The molecule has 0 aliphatic carbocycles. The molecule has 0 spiro atoms. The van der Waals surface area contributed by atoms with Gasteiger partial charge in [-0.15, -0.1) is 18.5 Å². The largest absolute Gasteiger partial charge is 0.155 e. The lowest BCUT2D eigenvalue weighted by molar-refractivity contribution is 0.644. The third-order valence-corrected chi connectivity index (χ3v) is 5.60. The fraction of sp³-hybridized carbons (Fsp3) is 1.00. The molecule has 0 aliphatic heterocycles. The molecule has 0 saturated heterocycles. The molecule has 0 nitrogen and oxygen atoms in total. The van der Waals surface area contributed by atoms with Crippen molar-refractivity contribution >= 4 is 30.2 Å². The molecule has 17 heavy (non-hydrogen) atoms. The highest BCUT2D eigenvalue weighted by Crippen LogP contribution is 2.31. The minimum absolute atomic E-state index is 0.918. The topological polar surface area (TPSA) is 0 Å². The highest BCUT2D eigenvalue weighted by Gasteiger charge is 2.15. The first-order valence-electron chi connectivity index (χ1n) is 7.34. The van der Waals surface area contributed by atoms with Crippen molar-refractivity contribution in [3.8, 4) is 0 Å². The van der Waals surface area contributed by atoms with E-state index < -0.39 is 0 Å². The predicted molar refractivity (Wildman–Crippen MR) is 92.6 cm³/mol. The van der Waals surface area contributed by atoms with Crippen molar-refractivity contribution in [3.63, 3.8) is 0 Å². The summed E-state index contributed by atoms with van der Waals surface area (Å²) in [7, 11) is 5.73. The lowest BCUT2D eigenvalue weighted by Crippen LogP contribution is -2.12. The molecule has 0 amide bonds. The first kappa shape index (κ1) is 18.2. The Labute approximate surface area is 118 Å². The summed E-state index contributed by atoms with van der Waals surface area (Å²) in [6.45, 7) is 4.65. The van der Waals surface area contributed by atoms with Crippen LogP contribution in [0.15, 0.2) is 0 Å². The summed E-state index contributed by atoms with van der Waals surface area (Å²) in [4.78, 5) is 0. The normalized spacial score (nSPS) is 14.8. The van der Waals surface area contributed by atoms with Gasteiger partial charge in [-0.1, -0.05) is 26.7 Å². The zero-order valence-electron chi connectivity index (χ0n) is 11.8. The summed E-state index contributed by atoms with van der Waals surface area (Å²) in [5, 5.41) is 1.84. The van der Waals surface area contributed by atoms with Crippen LogP contribution in [0, 0.1) is 0 Å². The van der Waals surface area contributed by atoms with Gasteiger partial charge in [0.05, 0.1) is 0 Å². The fourth-order valence-corrected chi connectivity index (χ4v) is 4.53. The third-order valence-electron chi connectivity index (χ3n) is 3.07. The highest BCUT2D eigenvalue weighted by molar-refractivity contribution is 8.00. The van der Waals surface area contributed by atoms with E-state index in [-0.39, 0.29) is 0 Å². The second-order valence-electron chi connectivity index (χ2n) is 4.82. The van der Waals surface area contributed by atoms with E-state index in [2.05, 4.69) is 44.1 Å². The monoisotopic (exact) mass is 294 g/mol. The fourth-order valence-electron chi connectivity index (χ4n) is 2.17. The van der Waals surface area contributed by atoms with Gasteiger partial charge in [-0.25, -0.2) is 0 Å². The van der Waals surface area contributed by atoms with E-state index in [1.165, 1.54) is 63.7 Å². The molecule has 0 saturated carbocycles. The van der Waals surface area contributed by atoms with Gasteiger partial charge in [0, 0.05) is 10.5 Å². The lowest BCUT2D eigenvalue weighted by Gasteiger charge is -2.23. The number of rotatable bonds is 12. The quantitative estimate of drug-likeness (QED) is 0.436. The van der Waals surface area contributed by atoms with Crippen LogP contribution < -0.4 is 0 Å². The molecule has 0 N–H and O–H groups in total. The molecular formula is C14H32P2S. The summed E-state index contributed by atoms with van der Waals surface area (Å²) < 4.78 is 0. The Hall–Kier alpha value is 1.21. The third kappa shape index (κ3) is 10.8. The van der Waals surface area contributed by atoms with Gasteiger partial charge in [-0.2, -0.15) is 11.8 Å². The Morgan fingerprint density at radius 1 is 0.765 bits per heavy atom. The average molecular weight is 294 g/mol. The summed E-state index contributed by atoms with van der Waals surface area (Å²) in [6.07, 6.45) is 13.7. The standard InChI is InChI=1S/C14H32P2S/c1-3-7-13(9-5-11-15)17-14(8-4-2)10-6-12-16/h13-14H,3-12,15-16H2,1-2H3. The van der Waals surface area contributed by atoms with Gasteiger partial charge in [0.15, 0.2) is 0 Å². The molecule has 0 radical (unpaired) electrons. The van der Waals surface area contributed by atoms with E-state index in [1.54, 1.807) is 0 Å². The molecule has 0 rings (SSSR count). The van der Waals surface area contributed by atoms with Crippen LogP contribution in [-0.4, -0.2) is 22.8 Å². The zero-order valence-corrected chi connectivity index (χ0v) is 14.9. The predicted octanol–water partition coefficient (Wildman–Crippen LogP) is 5.37. The zero-order chi connectivity index (χ0) is 12.9. The molecule has 0 aromatic carbocycles. The van der Waals surface area contributed by atoms with Crippen LogP contribution in [0.5, 0.6) is 0 Å². The average Bonchev–Trinajstić information content (AvgIpc) is 2.33.